The Balaban J connectivity index is 1.72. The summed E-state index contributed by atoms with van der Waals surface area (Å²) in [6.07, 6.45) is 0. The maximum Gasteiger partial charge on any atom is 0.219 e. The second-order valence-electron chi connectivity index (χ2n) is 6.04. The van der Waals surface area contributed by atoms with Crippen LogP contribution in [-0.2, 0) is 4.79 Å². The normalized spacial score (nSPS) is 18.2. The Labute approximate surface area is 132 Å². The third-order valence-electron chi connectivity index (χ3n) is 4.13. The molecule has 0 saturated carbocycles. The fourth-order valence-electron chi connectivity index (χ4n) is 2.80. The molecule has 0 bridgehead atoms. The molecule has 0 spiro atoms. The molecule has 0 radical (unpaired) electrons. The van der Waals surface area contributed by atoms with Crippen LogP contribution in [0.4, 0.5) is 0 Å². The van der Waals surface area contributed by atoms with Gasteiger partial charge in [0, 0.05) is 57.1 Å². The van der Waals surface area contributed by atoms with Gasteiger partial charge in [-0.25, -0.2) is 0 Å². The molecule has 1 aliphatic rings. The topological polar surface area (TPSA) is 35.6 Å². The minimum absolute atomic E-state index is 0.199. The molecule has 1 aromatic rings. The lowest BCUT2D eigenvalue weighted by Gasteiger charge is -2.34. The van der Waals surface area contributed by atoms with Crippen LogP contribution in [-0.4, -0.2) is 55.0 Å². The fraction of sp³-hybridized carbons (Fsp3) is 0.688. The Morgan fingerprint density at radius 1 is 1.33 bits per heavy atom. The molecule has 1 aromatic heterocycles. The van der Waals surface area contributed by atoms with Crippen molar-refractivity contribution >= 4 is 17.2 Å². The first-order chi connectivity index (χ1) is 10.1. The van der Waals surface area contributed by atoms with E-state index in [1.54, 1.807) is 6.92 Å². The van der Waals surface area contributed by atoms with Gasteiger partial charge in [-0.15, -0.1) is 11.3 Å². The van der Waals surface area contributed by atoms with Gasteiger partial charge in [0.25, 0.3) is 0 Å². The highest BCUT2D eigenvalue weighted by atomic mass is 32.1. The third kappa shape index (κ3) is 4.80. The minimum Gasteiger partial charge on any atom is -0.340 e. The minimum atomic E-state index is 0.199. The number of thiophene rings is 1. The summed E-state index contributed by atoms with van der Waals surface area (Å²) < 4.78 is 0. The highest BCUT2D eigenvalue weighted by Crippen LogP contribution is 2.25. The van der Waals surface area contributed by atoms with Crippen molar-refractivity contribution in [2.24, 2.45) is 5.92 Å². The van der Waals surface area contributed by atoms with Gasteiger partial charge in [0.1, 0.15) is 0 Å². The first kappa shape index (κ1) is 16.5. The van der Waals surface area contributed by atoms with Crippen LogP contribution >= 0.6 is 11.3 Å². The smallest absolute Gasteiger partial charge is 0.219 e. The molecule has 1 N–H and O–H groups in total. The lowest BCUT2D eigenvalue weighted by atomic mass is 10.0. The molecule has 2 rings (SSSR count). The van der Waals surface area contributed by atoms with Crippen LogP contribution in [0.25, 0.3) is 0 Å². The molecular weight excluding hydrogens is 282 g/mol. The van der Waals surface area contributed by atoms with E-state index in [2.05, 4.69) is 41.6 Å². The lowest BCUT2D eigenvalue weighted by Crippen LogP contribution is -2.49. The number of nitrogens with one attached hydrogen (secondary N) is 1. The van der Waals surface area contributed by atoms with Crippen molar-refractivity contribution in [1.82, 2.24) is 15.1 Å². The largest absolute Gasteiger partial charge is 0.340 e. The summed E-state index contributed by atoms with van der Waals surface area (Å²) in [6, 6.07) is 4.79. The molecule has 1 fully saturated rings. The molecule has 1 amide bonds. The number of hydrogen-bond acceptors (Lipinski definition) is 4. The second-order valence-corrected chi connectivity index (χ2v) is 7.02. The molecule has 1 unspecified atom stereocenters. The molecule has 5 heteroatoms. The first-order valence-electron chi connectivity index (χ1n) is 7.82. The number of hydrogen-bond donors (Lipinski definition) is 1. The molecule has 0 aromatic carbocycles. The van der Waals surface area contributed by atoms with Crippen LogP contribution in [0.2, 0.25) is 0 Å². The standard InChI is InChI=1S/C16H27N3OS/c1-13(2)16(15-5-4-12-21-15)17-6-7-18-8-10-19(11-9-18)14(3)20/h4-5,12-13,16-17H,6-11H2,1-3H3. The number of nitrogens with zero attached hydrogens (tertiary/aromatic N) is 2. The molecular formula is C16H27N3OS. The quantitative estimate of drug-likeness (QED) is 0.875. The number of piperazine rings is 1. The monoisotopic (exact) mass is 309 g/mol. The van der Waals surface area contributed by atoms with E-state index >= 15 is 0 Å². The van der Waals surface area contributed by atoms with E-state index in [9.17, 15) is 4.79 Å². The van der Waals surface area contributed by atoms with E-state index in [1.807, 2.05) is 16.2 Å². The maximum atomic E-state index is 11.3. The predicted molar refractivity (Wildman–Crippen MR) is 88.6 cm³/mol. The predicted octanol–water partition coefficient (Wildman–Crippen LogP) is 2.20. The van der Waals surface area contributed by atoms with Crippen LogP contribution in [0, 0.1) is 5.92 Å². The molecule has 0 aliphatic carbocycles. The lowest BCUT2D eigenvalue weighted by molar-refractivity contribution is -0.130. The van der Waals surface area contributed by atoms with Gasteiger partial charge in [-0.2, -0.15) is 0 Å². The molecule has 2 heterocycles. The summed E-state index contributed by atoms with van der Waals surface area (Å²) >= 11 is 1.83. The summed E-state index contributed by atoms with van der Waals surface area (Å²) in [5.41, 5.74) is 0. The van der Waals surface area contributed by atoms with E-state index in [0.29, 0.717) is 12.0 Å². The van der Waals surface area contributed by atoms with E-state index in [-0.39, 0.29) is 5.91 Å². The summed E-state index contributed by atoms with van der Waals surface area (Å²) in [6.45, 7) is 12.0. The SMILES string of the molecule is CC(=O)N1CCN(CCNC(c2cccs2)C(C)C)CC1. The first-order valence-corrected chi connectivity index (χ1v) is 8.70. The summed E-state index contributed by atoms with van der Waals surface area (Å²) in [4.78, 5) is 17.1. The highest BCUT2D eigenvalue weighted by Gasteiger charge is 2.19. The van der Waals surface area contributed by atoms with Crippen molar-refractivity contribution in [1.29, 1.82) is 0 Å². The average Bonchev–Trinajstić information content (AvgIpc) is 2.97. The Morgan fingerprint density at radius 2 is 2.05 bits per heavy atom. The molecule has 21 heavy (non-hydrogen) atoms. The fourth-order valence-corrected chi connectivity index (χ4v) is 3.77. The average molecular weight is 309 g/mol. The van der Waals surface area contributed by atoms with Crippen LogP contribution in [0.5, 0.6) is 0 Å². The summed E-state index contributed by atoms with van der Waals surface area (Å²) in [5.74, 6) is 0.795. The zero-order valence-electron chi connectivity index (χ0n) is 13.3. The van der Waals surface area contributed by atoms with E-state index in [4.69, 9.17) is 0 Å². The van der Waals surface area contributed by atoms with Gasteiger partial charge in [-0.05, 0) is 17.4 Å². The Kier molecular flexibility index (Phi) is 6.21. The van der Waals surface area contributed by atoms with Gasteiger partial charge in [-0.1, -0.05) is 19.9 Å². The molecule has 1 aliphatic heterocycles. The zero-order chi connectivity index (χ0) is 15.2. The van der Waals surface area contributed by atoms with Crippen molar-refractivity contribution in [2.45, 2.75) is 26.8 Å². The molecule has 118 valence electrons. The third-order valence-corrected chi connectivity index (χ3v) is 5.08. The van der Waals surface area contributed by atoms with Crippen molar-refractivity contribution in [2.75, 3.05) is 39.3 Å². The number of carbonyl (C=O) groups excluding carboxylic acids is 1. The maximum absolute atomic E-state index is 11.3. The molecule has 1 saturated heterocycles. The summed E-state index contributed by atoms with van der Waals surface area (Å²) in [5, 5.41) is 5.84. The number of amides is 1. The van der Waals surface area contributed by atoms with Gasteiger partial charge in [-0.3, -0.25) is 9.69 Å². The Bertz CT molecular complexity index is 425. The molecule has 4 nitrogen and oxygen atoms in total. The van der Waals surface area contributed by atoms with Crippen molar-refractivity contribution < 1.29 is 4.79 Å². The number of carbonyl (C=O) groups is 1. The Morgan fingerprint density at radius 3 is 2.57 bits per heavy atom. The van der Waals surface area contributed by atoms with Crippen molar-refractivity contribution in [3.05, 3.63) is 22.4 Å². The van der Waals surface area contributed by atoms with E-state index in [1.165, 1.54) is 4.88 Å². The van der Waals surface area contributed by atoms with Gasteiger partial charge in [0.15, 0.2) is 0 Å². The zero-order valence-corrected chi connectivity index (χ0v) is 14.2. The van der Waals surface area contributed by atoms with Crippen LogP contribution in [0.3, 0.4) is 0 Å². The van der Waals surface area contributed by atoms with E-state index in [0.717, 1.165) is 39.3 Å². The number of rotatable bonds is 6. The van der Waals surface area contributed by atoms with Gasteiger partial charge < -0.3 is 10.2 Å². The van der Waals surface area contributed by atoms with Gasteiger partial charge >= 0.3 is 0 Å². The van der Waals surface area contributed by atoms with Crippen LogP contribution in [0.1, 0.15) is 31.7 Å². The van der Waals surface area contributed by atoms with E-state index < -0.39 is 0 Å². The van der Waals surface area contributed by atoms with Gasteiger partial charge in [0.2, 0.25) is 5.91 Å². The summed E-state index contributed by atoms with van der Waals surface area (Å²) in [7, 11) is 0. The Hall–Kier alpha value is -0.910. The van der Waals surface area contributed by atoms with Crippen molar-refractivity contribution in [3.63, 3.8) is 0 Å². The van der Waals surface area contributed by atoms with Crippen molar-refractivity contribution in [3.8, 4) is 0 Å². The van der Waals surface area contributed by atoms with Crippen LogP contribution < -0.4 is 5.32 Å². The van der Waals surface area contributed by atoms with Gasteiger partial charge in [0.05, 0.1) is 0 Å². The van der Waals surface area contributed by atoms with Crippen LogP contribution in [0.15, 0.2) is 17.5 Å². The molecule has 1 atom stereocenters. The second kappa shape index (κ2) is 7.92. The highest BCUT2D eigenvalue weighted by molar-refractivity contribution is 7.10.